The van der Waals surface area contributed by atoms with Gasteiger partial charge in [0.2, 0.25) is 17.9 Å². The van der Waals surface area contributed by atoms with Gasteiger partial charge in [-0.1, -0.05) is 60.7 Å². The summed E-state index contributed by atoms with van der Waals surface area (Å²) in [6.45, 7) is 7.82. The minimum Gasteiger partial charge on any atom is -0.463 e. The summed E-state index contributed by atoms with van der Waals surface area (Å²) in [6.07, 6.45) is -18.3. The summed E-state index contributed by atoms with van der Waals surface area (Å²) < 4.78 is 198. The number of primary amides is 1. The normalized spacial score (nSPS) is 22.8. The number of alkyl halides is 6. The van der Waals surface area contributed by atoms with E-state index in [2.05, 4.69) is 44.8 Å². The molecule has 1 amide bonds. The maximum absolute atomic E-state index is 15.5. The molecule has 5 aromatic rings. The summed E-state index contributed by atoms with van der Waals surface area (Å²) in [5.41, 5.74) is -6.05. The molecule has 12 atom stereocenters. The fraction of sp³-hybridized carbons (Fsp3) is 0.579. The molecule has 3 unspecified atom stereocenters. The average Bonchev–Trinajstić information content (AvgIpc) is 1.71. The number of ether oxygens (including phenoxy) is 10. The Morgan fingerprint density at radius 3 is 1.39 bits per heavy atom. The molecule has 46 heteroatoms. The van der Waals surface area contributed by atoms with Gasteiger partial charge < -0.3 is 91.2 Å². The number of halogens is 6. The van der Waals surface area contributed by atoms with Crippen LogP contribution in [0.5, 0.6) is 0 Å². The number of hydrogen-bond acceptors (Lipinski definition) is 31. The second-order valence-corrected chi connectivity index (χ2v) is 27.6. The number of aliphatic hydroxyl groups is 2. The number of rotatable bonds is 31. The van der Waals surface area contributed by atoms with Gasteiger partial charge in [0.25, 0.3) is 11.7 Å². The van der Waals surface area contributed by atoms with Crippen molar-refractivity contribution in [3.05, 3.63) is 108 Å². The maximum atomic E-state index is 15.5. The highest BCUT2D eigenvalue weighted by Crippen LogP contribution is 2.65. The monoisotopic (exact) mass is 1540 g/mol. The largest absolute Gasteiger partial charge is 0.463 e. The predicted octanol–water partition coefficient (Wildman–Crippen LogP) is 5.52. The van der Waals surface area contributed by atoms with E-state index in [-0.39, 0.29) is 51.3 Å². The third-order valence-corrected chi connectivity index (χ3v) is 19.4. The van der Waals surface area contributed by atoms with Crippen molar-refractivity contribution in [2.45, 2.75) is 172 Å². The van der Waals surface area contributed by atoms with Crippen LogP contribution in [-0.2, 0) is 107 Å². The smallest absolute Gasteiger partial charge is 0.399 e. The van der Waals surface area contributed by atoms with Crippen molar-refractivity contribution in [1.82, 2.24) is 44.7 Å². The molecule has 3 aliphatic rings. The first-order chi connectivity index (χ1) is 48.4. The first-order valence-electron chi connectivity index (χ1n) is 30.6. The number of amides is 1. The minimum atomic E-state index is -5.77. The van der Waals surface area contributed by atoms with Crippen molar-refractivity contribution in [3.8, 4) is 0 Å². The van der Waals surface area contributed by atoms with E-state index in [0.717, 1.165) is 55.5 Å². The van der Waals surface area contributed by atoms with E-state index in [0.29, 0.717) is 5.56 Å². The van der Waals surface area contributed by atoms with Crippen molar-refractivity contribution in [3.63, 3.8) is 0 Å². The van der Waals surface area contributed by atoms with Crippen LogP contribution < -0.4 is 5.73 Å². The summed E-state index contributed by atoms with van der Waals surface area (Å²) in [6, 6.07) is 17.7. The van der Waals surface area contributed by atoms with Crippen LogP contribution in [0.3, 0.4) is 0 Å². The Kier molecular flexibility index (Phi) is 32.1. The number of carbonyl (C=O) groups is 6. The van der Waals surface area contributed by atoms with Gasteiger partial charge in [0, 0.05) is 20.8 Å². The molecule has 3 aliphatic heterocycles. The first-order valence-corrected chi connectivity index (χ1v) is 35.3. The molecule has 3 aromatic heterocycles. The molecule has 0 aliphatic carbocycles. The Morgan fingerprint density at radius 1 is 0.553 bits per heavy atom. The van der Waals surface area contributed by atoms with Gasteiger partial charge in [0.1, 0.15) is 43.4 Å². The van der Waals surface area contributed by atoms with Crippen molar-refractivity contribution >= 4 is 58.5 Å². The summed E-state index contributed by atoms with van der Waals surface area (Å²) in [5, 5.41) is 32.9. The zero-order chi connectivity index (χ0) is 76.8. The number of methoxy groups -OCH3 is 2. The second kappa shape index (κ2) is 38.4. The number of H-pyrrole nitrogens is 1. The topological polar surface area (TPSA) is 493 Å². The van der Waals surface area contributed by atoms with Gasteiger partial charge in [-0.15, -0.1) is 10.2 Å². The van der Waals surface area contributed by atoms with Gasteiger partial charge in [0.05, 0.1) is 91.4 Å². The molecule has 0 radical (unpaired) electrons. The van der Waals surface area contributed by atoms with Gasteiger partial charge in [-0.3, -0.25) is 38.0 Å². The van der Waals surface area contributed by atoms with Crippen LogP contribution in [0.15, 0.2) is 79.6 Å². The third kappa shape index (κ3) is 23.5. The fourth-order valence-corrected chi connectivity index (χ4v) is 13.1. The molecule has 6 heterocycles. The number of nitrogens with two attached hydrogens (primary N) is 1. The fourth-order valence-electron chi connectivity index (χ4n) is 9.58. The molecule has 0 spiro atoms. The number of aromatic nitrogens is 9. The number of benzene rings is 2. The highest BCUT2D eigenvalue weighted by molar-refractivity contribution is 7.55. The van der Waals surface area contributed by atoms with Crippen LogP contribution in [0.4, 0.5) is 26.3 Å². The van der Waals surface area contributed by atoms with Gasteiger partial charge in [0.15, 0.2) is 24.7 Å². The van der Waals surface area contributed by atoms with E-state index in [1.54, 1.807) is 60.7 Å². The molecule has 3 fully saturated rings. The number of esters is 5. The maximum Gasteiger partial charge on any atom is 0.399 e. The number of carbonyl (C=O) groups excluding carboxylic acids is 6. The molecular formula is C57H77F6N10O27P3. The zero-order valence-electron chi connectivity index (χ0n) is 56.2. The molecule has 3 saturated heterocycles. The van der Waals surface area contributed by atoms with E-state index in [1.165, 1.54) is 41.1 Å². The Morgan fingerprint density at radius 2 is 0.971 bits per heavy atom. The van der Waals surface area contributed by atoms with Gasteiger partial charge >= 0.3 is 69.6 Å². The van der Waals surface area contributed by atoms with Crippen molar-refractivity contribution in [1.29, 1.82) is 0 Å². The minimum absolute atomic E-state index is 0.0317. The predicted molar refractivity (Wildman–Crippen MR) is 331 cm³/mol. The van der Waals surface area contributed by atoms with Crippen LogP contribution in [0.2, 0.25) is 0 Å². The lowest BCUT2D eigenvalue weighted by Crippen LogP contribution is -2.41. The molecule has 0 saturated carbocycles. The molecular weight excluding hydrogens is 1460 g/mol. The lowest BCUT2D eigenvalue weighted by molar-refractivity contribution is -0.196. The Balaban J connectivity index is 0.000000267. The van der Waals surface area contributed by atoms with Gasteiger partial charge in [-0.05, 0) is 38.8 Å². The number of nitrogens with one attached hydrogen (secondary N) is 1. The van der Waals surface area contributed by atoms with E-state index in [4.69, 9.17) is 71.5 Å². The van der Waals surface area contributed by atoms with Crippen LogP contribution in [-0.4, -0.2) is 219 Å². The average molecular weight is 1540 g/mol. The lowest BCUT2D eigenvalue weighted by atomic mass is 10.1. The number of hydrogen-bond donors (Lipinski definition) is 6. The zero-order valence-corrected chi connectivity index (χ0v) is 58.9. The highest BCUT2D eigenvalue weighted by atomic mass is 31.2. The number of aromatic amines is 1. The molecule has 37 nitrogen and oxygen atoms in total. The first kappa shape index (κ1) is 86.1. The standard InChI is InChI=1S/C23H30F2N3O9P.C21H29F2O9P.C9H13F2N4O7P.C4H5N3O2/c1-5-34-38(31,35-6-2)23(24,25)12-17-18(33-13-16-10-8-7-9-11-16)19(36-15(3)29)21(37-17)28-14-26-20(27-28)22(30)32-4;1-5-28-33(26,29-6-2)21(22,23)12-17-18(27-13-16-10-8-7-9-11-16)19(30-14(3)24)20(32-17)31-15(4)25;10-9(11,23(19,20)21)1-3-4(16)5(17)8(22-3)15-2-13-7(14-15)6(12)18;1-9-4(8)3-5-2-6-7-3/h7-11,14,17-19,21H,5-6,12-13H2,1-4H3;7-11,17-20H,5-6,12-13H2,1-4H3;2-5,8,16-17H,1H2,(H2,12,18)(H2,19,20,21);2H,1H3,(H,5,6,7)/t17-,18+,19?,21-;17-,18+,19?,20-;3-,4+,5?,8-;/m111./s1. The van der Waals surface area contributed by atoms with Crippen molar-refractivity contribution in [2.75, 3.05) is 40.6 Å². The second-order valence-electron chi connectivity index (χ2n) is 21.5. The van der Waals surface area contributed by atoms with Gasteiger partial charge in [-0.25, -0.2) is 33.9 Å². The van der Waals surface area contributed by atoms with Crippen LogP contribution in [0.25, 0.3) is 0 Å². The van der Waals surface area contributed by atoms with Crippen molar-refractivity contribution < 1.29 is 154 Å². The molecule has 7 N–H and O–H groups in total. The quantitative estimate of drug-likeness (QED) is 0.0138. The van der Waals surface area contributed by atoms with Crippen molar-refractivity contribution in [2.24, 2.45) is 5.73 Å². The molecule has 0 bridgehead atoms. The third-order valence-electron chi connectivity index (χ3n) is 14.0. The summed E-state index contributed by atoms with van der Waals surface area (Å²) >= 11 is 0. The summed E-state index contributed by atoms with van der Waals surface area (Å²) in [4.78, 5) is 96.5. The summed E-state index contributed by atoms with van der Waals surface area (Å²) in [7, 11) is -13.1. The SMILES string of the molecule is CCOP(=O)(OCC)C(F)(F)C[C@H]1O[C@@H](OC(C)=O)C(OC(C)=O)[C@H]1OCc1ccccc1.CCOP(=O)(OCC)C(F)(F)C[C@H]1O[C@@H](n2cnc(C(=O)OC)n2)C(OC(C)=O)[C@H]1OCc1ccccc1.COC(=O)c1ncn[nH]1.NC(=O)c1ncn([C@@H]2O[C@H](CC(F)(F)P(=O)(O)O)[C@H](O)C2O)n1. The number of nitrogens with zero attached hydrogens (tertiary/aromatic N) is 8. The lowest BCUT2D eigenvalue weighted by Gasteiger charge is -2.29. The molecule has 2 aromatic carbocycles. The summed E-state index contributed by atoms with van der Waals surface area (Å²) in [5.74, 6) is -5.25. The Hall–Kier alpha value is -7.57. The van der Waals surface area contributed by atoms with E-state index >= 15 is 17.6 Å². The van der Waals surface area contributed by atoms with Crippen LogP contribution >= 0.6 is 22.8 Å². The molecule has 103 heavy (non-hydrogen) atoms. The van der Waals surface area contributed by atoms with Gasteiger partial charge in [-0.2, -0.15) is 31.4 Å². The Bertz CT molecular complexity index is 3680. The van der Waals surface area contributed by atoms with Crippen LogP contribution in [0.1, 0.15) is 123 Å². The molecule has 8 rings (SSSR count). The highest BCUT2D eigenvalue weighted by Gasteiger charge is 2.62. The number of aliphatic hydroxyl groups excluding tert-OH is 2. The van der Waals surface area contributed by atoms with Crippen LogP contribution in [0, 0.1) is 0 Å². The van der Waals surface area contributed by atoms with E-state index < -0.39 is 174 Å². The Labute approximate surface area is 582 Å². The van der Waals surface area contributed by atoms with E-state index in [9.17, 15) is 61.5 Å². The van der Waals surface area contributed by atoms with E-state index in [1.807, 2.05) is 0 Å². The molecule has 574 valence electrons.